The van der Waals surface area contributed by atoms with E-state index in [1.807, 2.05) is 24.3 Å². The Morgan fingerprint density at radius 3 is 2.64 bits per heavy atom. The topological polar surface area (TPSA) is 32.7 Å². The number of rotatable bonds is 4. The molecule has 28 heavy (non-hydrogen) atoms. The lowest BCUT2D eigenvalue weighted by Gasteiger charge is -2.34. The van der Waals surface area contributed by atoms with Gasteiger partial charge in [-0.1, -0.05) is 24.3 Å². The van der Waals surface area contributed by atoms with Crippen LogP contribution >= 0.6 is 0 Å². The lowest BCUT2D eigenvalue weighted by Crippen LogP contribution is -2.36. The first-order valence-corrected chi connectivity index (χ1v) is 10.5. The largest absolute Gasteiger partial charge is 0.496 e. The fourth-order valence-corrected chi connectivity index (χ4v) is 5.00. The number of halogens is 1. The van der Waals surface area contributed by atoms with Crippen molar-refractivity contribution in [3.05, 3.63) is 65.0 Å². The molecule has 1 saturated heterocycles. The van der Waals surface area contributed by atoms with Gasteiger partial charge in [0.25, 0.3) is 0 Å². The number of methoxy groups -OCH3 is 1. The van der Waals surface area contributed by atoms with Gasteiger partial charge in [-0.3, -0.25) is 0 Å². The van der Waals surface area contributed by atoms with E-state index in [2.05, 4.69) is 11.0 Å². The summed E-state index contributed by atoms with van der Waals surface area (Å²) in [5.74, 6) is 1.70. The van der Waals surface area contributed by atoms with Gasteiger partial charge in [-0.2, -0.15) is 0 Å². The number of likely N-dealkylation sites (tertiary alicyclic amines) is 1. The number of nitrogens with zero attached hydrogens (tertiary/aromatic N) is 1. The number of hydrogen-bond acceptors (Lipinski definition) is 3. The van der Waals surface area contributed by atoms with E-state index in [1.54, 1.807) is 13.2 Å². The lowest BCUT2D eigenvalue weighted by molar-refractivity contribution is 0.117. The van der Waals surface area contributed by atoms with Gasteiger partial charge in [0.2, 0.25) is 0 Å². The van der Waals surface area contributed by atoms with E-state index >= 15 is 0 Å². The van der Waals surface area contributed by atoms with Crippen LogP contribution in [0.5, 0.6) is 5.75 Å². The molecule has 150 valence electrons. The number of hydrogen-bond donors (Lipinski definition) is 1. The van der Waals surface area contributed by atoms with Gasteiger partial charge in [0.1, 0.15) is 11.6 Å². The Balaban J connectivity index is 1.35. The van der Waals surface area contributed by atoms with E-state index in [9.17, 15) is 9.50 Å². The molecule has 1 fully saturated rings. The van der Waals surface area contributed by atoms with Gasteiger partial charge in [-0.15, -0.1) is 0 Å². The summed E-state index contributed by atoms with van der Waals surface area (Å²) in [5, 5.41) is 10.8. The fourth-order valence-electron chi connectivity index (χ4n) is 5.00. The molecule has 0 aromatic heterocycles. The molecule has 1 aliphatic carbocycles. The highest BCUT2D eigenvalue weighted by Crippen LogP contribution is 2.37. The van der Waals surface area contributed by atoms with Gasteiger partial charge in [-0.25, -0.2) is 4.39 Å². The van der Waals surface area contributed by atoms with E-state index in [1.165, 1.54) is 11.6 Å². The van der Waals surface area contributed by atoms with Crippen LogP contribution in [0.2, 0.25) is 0 Å². The highest BCUT2D eigenvalue weighted by atomic mass is 19.1. The summed E-state index contributed by atoms with van der Waals surface area (Å²) in [5.41, 5.74) is 3.34. The van der Waals surface area contributed by atoms with Gasteiger partial charge < -0.3 is 14.7 Å². The lowest BCUT2D eigenvalue weighted by atomic mass is 9.88. The van der Waals surface area contributed by atoms with Crippen LogP contribution in [0.1, 0.15) is 54.4 Å². The minimum Gasteiger partial charge on any atom is -0.496 e. The smallest absolute Gasteiger partial charge is 0.123 e. The van der Waals surface area contributed by atoms with Gasteiger partial charge in [0.05, 0.1) is 13.2 Å². The zero-order valence-corrected chi connectivity index (χ0v) is 16.6. The average Bonchev–Trinajstić information content (AvgIpc) is 2.87. The molecule has 4 rings (SSSR count). The van der Waals surface area contributed by atoms with E-state index in [0.29, 0.717) is 11.8 Å². The summed E-state index contributed by atoms with van der Waals surface area (Å²) < 4.78 is 19.0. The molecule has 0 bridgehead atoms. The molecule has 1 heterocycles. The second-order valence-corrected chi connectivity index (χ2v) is 8.31. The first-order valence-electron chi connectivity index (χ1n) is 10.5. The average molecular weight is 384 g/mol. The van der Waals surface area contributed by atoms with E-state index in [4.69, 9.17) is 4.74 Å². The third kappa shape index (κ3) is 4.23. The van der Waals surface area contributed by atoms with Gasteiger partial charge in [0, 0.05) is 6.54 Å². The van der Waals surface area contributed by atoms with Crippen molar-refractivity contribution in [2.45, 2.75) is 44.1 Å². The molecule has 0 radical (unpaired) electrons. The van der Waals surface area contributed by atoms with Crippen LogP contribution in [0.15, 0.2) is 42.5 Å². The number of piperidine rings is 1. The van der Waals surface area contributed by atoms with Crippen LogP contribution in [0.3, 0.4) is 0 Å². The predicted molar refractivity (Wildman–Crippen MR) is 109 cm³/mol. The maximum Gasteiger partial charge on any atom is 0.123 e. The minimum absolute atomic E-state index is 0.137. The summed E-state index contributed by atoms with van der Waals surface area (Å²) >= 11 is 0. The van der Waals surface area contributed by atoms with Gasteiger partial charge in [-0.05, 0) is 91.9 Å². The van der Waals surface area contributed by atoms with Crippen molar-refractivity contribution >= 4 is 0 Å². The van der Waals surface area contributed by atoms with Crippen molar-refractivity contribution in [3.63, 3.8) is 0 Å². The molecule has 1 aliphatic heterocycles. The second kappa shape index (κ2) is 8.62. The predicted octanol–water partition coefficient (Wildman–Crippen LogP) is 4.70. The van der Waals surface area contributed by atoms with Crippen molar-refractivity contribution in [1.82, 2.24) is 4.90 Å². The van der Waals surface area contributed by atoms with Gasteiger partial charge in [0.15, 0.2) is 0 Å². The van der Waals surface area contributed by atoms with Crippen LogP contribution < -0.4 is 4.74 Å². The summed E-state index contributed by atoms with van der Waals surface area (Å²) in [6.07, 6.45) is 4.58. The zero-order chi connectivity index (χ0) is 19.5. The standard InChI is InChI=1S/C24H30FNO2/c1-28-24-7-3-6-21-22(24)9-8-17(14-23(21)27)16-26-12-10-18(11-13-26)19-4-2-5-20(25)15-19/h2-7,15,17-18,23,27H,8-14,16H2,1H3/t17-,23-/m1/s1. The number of benzene rings is 2. The molecule has 0 spiro atoms. The zero-order valence-electron chi connectivity index (χ0n) is 16.6. The van der Waals surface area contributed by atoms with Crippen molar-refractivity contribution in [1.29, 1.82) is 0 Å². The van der Waals surface area contributed by atoms with Gasteiger partial charge >= 0.3 is 0 Å². The number of ether oxygens (including phenoxy) is 1. The highest BCUT2D eigenvalue weighted by Gasteiger charge is 2.28. The summed E-state index contributed by atoms with van der Waals surface area (Å²) in [6.45, 7) is 3.12. The molecule has 0 saturated carbocycles. The van der Waals surface area contributed by atoms with Crippen molar-refractivity contribution in [3.8, 4) is 5.75 Å². The Morgan fingerprint density at radius 2 is 1.89 bits per heavy atom. The van der Waals surface area contributed by atoms with Crippen LogP contribution in [0.4, 0.5) is 4.39 Å². The molecular formula is C24H30FNO2. The van der Waals surface area contributed by atoms with Crippen molar-refractivity contribution in [2.75, 3.05) is 26.7 Å². The third-order valence-electron chi connectivity index (χ3n) is 6.53. The Morgan fingerprint density at radius 1 is 1.11 bits per heavy atom. The van der Waals surface area contributed by atoms with E-state index < -0.39 is 6.10 Å². The monoisotopic (exact) mass is 383 g/mol. The number of aliphatic hydroxyl groups excluding tert-OH is 1. The van der Waals surface area contributed by atoms with E-state index in [-0.39, 0.29) is 5.82 Å². The van der Waals surface area contributed by atoms with Crippen LogP contribution in [-0.2, 0) is 6.42 Å². The summed E-state index contributed by atoms with van der Waals surface area (Å²) in [7, 11) is 1.70. The maximum atomic E-state index is 13.5. The normalized spacial score (nSPS) is 23.8. The molecule has 2 aliphatic rings. The Kier molecular flexibility index (Phi) is 5.98. The summed E-state index contributed by atoms with van der Waals surface area (Å²) in [4.78, 5) is 2.53. The fraction of sp³-hybridized carbons (Fsp3) is 0.500. The molecule has 2 aromatic carbocycles. The quantitative estimate of drug-likeness (QED) is 0.777. The maximum absolute atomic E-state index is 13.5. The minimum atomic E-state index is -0.414. The number of fused-ring (bicyclic) bond motifs is 1. The van der Waals surface area contributed by atoms with Crippen LogP contribution in [-0.4, -0.2) is 36.8 Å². The molecule has 0 amide bonds. The molecule has 4 heteroatoms. The first kappa shape index (κ1) is 19.4. The van der Waals surface area contributed by atoms with Crippen LogP contribution in [0, 0.1) is 11.7 Å². The first-order chi connectivity index (χ1) is 13.6. The third-order valence-corrected chi connectivity index (χ3v) is 6.53. The molecule has 3 nitrogen and oxygen atoms in total. The Bertz CT molecular complexity index is 801. The molecule has 0 unspecified atom stereocenters. The molecule has 2 atom stereocenters. The molecule has 2 aromatic rings. The van der Waals surface area contributed by atoms with Crippen molar-refractivity contribution < 1.29 is 14.2 Å². The van der Waals surface area contributed by atoms with Crippen molar-refractivity contribution in [2.24, 2.45) is 5.92 Å². The van der Waals surface area contributed by atoms with Crippen LogP contribution in [0.25, 0.3) is 0 Å². The summed E-state index contributed by atoms with van der Waals surface area (Å²) in [6, 6.07) is 13.1. The molecule has 1 N–H and O–H groups in total. The van der Waals surface area contributed by atoms with E-state index in [0.717, 1.165) is 68.6 Å². The number of aliphatic hydroxyl groups is 1. The highest BCUT2D eigenvalue weighted by molar-refractivity contribution is 5.42. The molecular weight excluding hydrogens is 353 g/mol. The Labute approximate surface area is 167 Å². The Hall–Kier alpha value is -1.91. The SMILES string of the molecule is COc1cccc2c1CC[C@@H](CN1CCC(c3cccc(F)c3)CC1)C[C@H]2O. The second-order valence-electron chi connectivity index (χ2n) is 8.31.